The summed E-state index contributed by atoms with van der Waals surface area (Å²) in [6.07, 6.45) is 2.14. The highest BCUT2D eigenvalue weighted by atomic mass is 35.5. The summed E-state index contributed by atoms with van der Waals surface area (Å²) in [4.78, 5) is 0. The Kier molecular flexibility index (Phi) is 4.15. The second-order valence-corrected chi connectivity index (χ2v) is 7.03. The smallest absolute Gasteiger partial charge is 0.0363 e. The lowest BCUT2D eigenvalue weighted by Gasteiger charge is -2.32. The van der Waals surface area contributed by atoms with E-state index in [-0.39, 0.29) is 5.38 Å². The van der Waals surface area contributed by atoms with Crippen molar-refractivity contribution in [3.05, 3.63) is 71.8 Å². The third-order valence-electron chi connectivity index (χ3n) is 3.61. The molecule has 0 spiro atoms. The third-order valence-corrected chi connectivity index (χ3v) is 5.55. The van der Waals surface area contributed by atoms with E-state index in [4.69, 9.17) is 11.6 Å². The summed E-state index contributed by atoms with van der Waals surface area (Å²) in [5.41, 5.74) is 2.80. The van der Waals surface area contributed by atoms with Gasteiger partial charge in [0.2, 0.25) is 0 Å². The van der Waals surface area contributed by atoms with Crippen LogP contribution in [0.4, 0.5) is 0 Å². The molecule has 0 saturated carbocycles. The van der Waals surface area contributed by atoms with Crippen LogP contribution in [0.3, 0.4) is 0 Å². The molecule has 1 saturated heterocycles. The molecule has 2 aromatic rings. The lowest BCUT2D eigenvalue weighted by Crippen LogP contribution is -2.16. The van der Waals surface area contributed by atoms with Gasteiger partial charge in [0.15, 0.2) is 0 Å². The Hall–Kier alpha value is -0.920. The fourth-order valence-electron chi connectivity index (χ4n) is 2.63. The molecule has 0 aliphatic carbocycles. The van der Waals surface area contributed by atoms with Crippen LogP contribution in [0.15, 0.2) is 60.7 Å². The Balaban J connectivity index is 1.82. The first-order chi connectivity index (χ1) is 9.33. The molecule has 2 aromatic carbocycles. The van der Waals surface area contributed by atoms with Crippen LogP contribution in [-0.4, -0.2) is 5.38 Å². The summed E-state index contributed by atoms with van der Waals surface area (Å²) < 4.78 is 0. The van der Waals surface area contributed by atoms with Crippen molar-refractivity contribution in [1.82, 2.24) is 0 Å². The summed E-state index contributed by atoms with van der Waals surface area (Å²) in [6, 6.07) is 21.5. The zero-order chi connectivity index (χ0) is 13.1. The molecule has 0 N–H and O–H groups in total. The van der Waals surface area contributed by atoms with E-state index in [0.717, 1.165) is 12.8 Å². The van der Waals surface area contributed by atoms with Crippen LogP contribution in [-0.2, 0) is 0 Å². The molecular weight excluding hydrogens is 272 g/mol. The molecule has 1 fully saturated rings. The first kappa shape index (κ1) is 13.1. The van der Waals surface area contributed by atoms with Gasteiger partial charge in [0, 0.05) is 15.9 Å². The van der Waals surface area contributed by atoms with Gasteiger partial charge in [-0.2, -0.15) is 0 Å². The minimum absolute atomic E-state index is 0.275. The zero-order valence-electron chi connectivity index (χ0n) is 10.7. The largest absolute Gasteiger partial charge is 0.145 e. The minimum atomic E-state index is 0.275. The Morgan fingerprint density at radius 2 is 1.16 bits per heavy atom. The first-order valence-corrected chi connectivity index (χ1v) is 8.10. The molecule has 0 nitrogen and oxygen atoms in total. The van der Waals surface area contributed by atoms with Crippen LogP contribution in [0.1, 0.15) is 34.5 Å². The molecule has 98 valence electrons. The zero-order valence-corrected chi connectivity index (χ0v) is 12.3. The van der Waals surface area contributed by atoms with E-state index in [0.29, 0.717) is 10.5 Å². The number of hydrogen-bond acceptors (Lipinski definition) is 1. The van der Waals surface area contributed by atoms with Crippen molar-refractivity contribution in [3.63, 3.8) is 0 Å². The molecule has 1 aliphatic heterocycles. The fourth-order valence-corrected chi connectivity index (χ4v) is 4.91. The second kappa shape index (κ2) is 6.02. The lowest BCUT2D eigenvalue weighted by atomic mass is 10.0. The monoisotopic (exact) mass is 288 g/mol. The van der Waals surface area contributed by atoms with Crippen LogP contribution in [0.5, 0.6) is 0 Å². The molecule has 1 heterocycles. The fraction of sp³-hybridized carbons (Fsp3) is 0.294. The molecule has 1 aliphatic rings. The molecule has 0 radical (unpaired) electrons. The van der Waals surface area contributed by atoms with Crippen molar-refractivity contribution in [1.29, 1.82) is 0 Å². The van der Waals surface area contributed by atoms with Gasteiger partial charge in [-0.15, -0.1) is 23.4 Å². The van der Waals surface area contributed by atoms with Crippen LogP contribution >= 0.6 is 23.4 Å². The van der Waals surface area contributed by atoms with Gasteiger partial charge >= 0.3 is 0 Å². The Morgan fingerprint density at radius 3 is 1.58 bits per heavy atom. The molecule has 0 bridgehead atoms. The van der Waals surface area contributed by atoms with Gasteiger partial charge in [-0.3, -0.25) is 0 Å². The maximum absolute atomic E-state index is 6.49. The van der Waals surface area contributed by atoms with Gasteiger partial charge in [0.1, 0.15) is 0 Å². The van der Waals surface area contributed by atoms with Crippen molar-refractivity contribution in [3.8, 4) is 0 Å². The molecule has 0 amide bonds. The van der Waals surface area contributed by atoms with Gasteiger partial charge in [-0.1, -0.05) is 60.7 Å². The number of thioether (sulfide) groups is 1. The summed E-state index contributed by atoms with van der Waals surface area (Å²) in [5.74, 6) is 0. The highest BCUT2D eigenvalue weighted by Gasteiger charge is 2.29. The number of rotatable bonds is 2. The second-order valence-electron chi connectivity index (χ2n) is 5.00. The SMILES string of the molecule is ClC1C[C@@H](c2ccccc2)S[C@@H](c2ccccc2)C1. The van der Waals surface area contributed by atoms with E-state index in [9.17, 15) is 0 Å². The van der Waals surface area contributed by atoms with Crippen molar-refractivity contribution in [2.75, 3.05) is 0 Å². The maximum Gasteiger partial charge on any atom is 0.0363 e. The van der Waals surface area contributed by atoms with Crippen LogP contribution < -0.4 is 0 Å². The average Bonchev–Trinajstić information content (AvgIpc) is 2.48. The number of hydrogen-bond donors (Lipinski definition) is 0. The molecule has 3 atom stereocenters. The van der Waals surface area contributed by atoms with Crippen molar-refractivity contribution >= 4 is 23.4 Å². The van der Waals surface area contributed by atoms with Crippen LogP contribution in [0.2, 0.25) is 0 Å². The molecule has 3 rings (SSSR count). The predicted octanol–water partition coefficient (Wildman–Crippen LogP) is 5.60. The number of alkyl halides is 1. The van der Waals surface area contributed by atoms with E-state index in [1.807, 2.05) is 0 Å². The summed E-state index contributed by atoms with van der Waals surface area (Å²) >= 11 is 8.55. The molecule has 0 aromatic heterocycles. The summed E-state index contributed by atoms with van der Waals surface area (Å²) in [6.45, 7) is 0. The van der Waals surface area contributed by atoms with Crippen LogP contribution in [0.25, 0.3) is 0 Å². The average molecular weight is 289 g/mol. The van der Waals surface area contributed by atoms with Crippen molar-refractivity contribution in [2.45, 2.75) is 28.7 Å². The Labute approximate surface area is 124 Å². The van der Waals surface area contributed by atoms with Crippen molar-refractivity contribution in [2.24, 2.45) is 0 Å². The summed E-state index contributed by atoms with van der Waals surface area (Å²) in [5, 5.41) is 1.31. The normalized spacial score (nSPS) is 27.1. The Bertz CT molecular complexity index is 464. The molecule has 1 unspecified atom stereocenters. The van der Waals surface area contributed by atoms with Crippen molar-refractivity contribution < 1.29 is 0 Å². The first-order valence-electron chi connectivity index (χ1n) is 6.72. The van der Waals surface area contributed by atoms with Crippen LogP contribution in [0, 0.1) is 0 Å². The Morgan fingerprint density at radius 1 is 0.737 bits per heavy atom. The number of benzene rings is 2. The van der Waals surface area contributed by atoms with Gasteiger partial charge in [0.05, 0.1) is 0 Å². The van der Waals surface area contributed by atoms with E-state index in [1.54, 1.807) is 0 Å². The quantitative estimate of drug-likeness (QED) is 0.648. The summed E-state index contributed by atoms with van der Waals surface area (Å²) in [7, 11) is 0. The van der Waals surface area contributed by atoms with E-state index in [1.165, 1.54) is 11.1 Å². The highest BCUT2D eigenvalue weighted by Crippen LogP contribution is 2.51. The predicted molar refractivity (Wildman–Crippen MR) is 84.8 cm³/mol. The van der Waals surface area contributed by atoms with Gasteiger partial charge in [-0.25, -0.2) is 0 Å². The molecule has 2 heteroatoms. The molecule has 19 heavy (non-hydrogen) atoms. The van der Waals surface area contributed by atoms with E-state index in [2.05, 4.69) is 72.4 Å². The topological polar surface area (TPSA) is 0 Å². The van der Waals surface area contributed by atoms with Gasteiger partial charge < -0.3 is 0 Å². The third kappa shape index (κ3) is 3.16. The number of halogens is 1. The van der Waals surface area contributed by atoms with E-state index >= 15 is 0 Å². The van der Waals surface area contributed by atoms with E-state index < -0.39 is 0 Å². The standard InChI is InChI=1S/C17H17ClS/c18-15-11-16(13-7-3-1-4-8-13)19-17(12-15)14-9-5-2-6-10-14/h1-10,15-17H,11-12H2/t15?,16-,17+. The molecular formula is C17H17ClS. The minimum Gasteiger partial charge on any atom is -0.145 e. The lowest BCUT2D eigenvalue weighted by molar-refractivity contribution is 0.638. The van der Waals surface area contributed by atoms with Gasteiger partial charge in [-0.05, 0) is 24.0 Å². The highest BCUT2D eigenvalue weighted by molar-refractivity contribution is 7.99. The maximum atomic E-state index is 6.49. The van der Waals surface area contributed by atoms with Gasteiger partial charge in [0.25, 0.3) is 0 Å².